The Morgan fingerprint density at radius 3 is 2.35 bits per heavy atom. The highest BCUT2D eigenvalue weighted by atomic mass is 35.5. The molecular formula is C10H20ClNO4S. The standard InChI is InChI=1S/C10H20ClNO4S/c1-8(2)9(10(13)16-3)12-17(14,15)7-5-4-6-11/h8-9,12H,4-7H2,1-3H3. The van der Waals surface area contributed by atoms with Crippen molar-refractivity contribution in [3.63, 3.8) is 0 Å². The summed E-state index contributed by atoms with van der Waals surface area (Å²) in [7, 11) is -2.23. The van der Waals surface area contributed by atoms with Crippen LogP contribution in [0.3, 0.4) is 0 Å². The maximum atomic E-state index is 11.7. The summed E-state index contributed by atoms with van der Waals surface area (Å²) in [6.45, 7) is 3.51. The van der Waals surface area contributed by atoms with Crippen LogP contribution in [-0.4, -0.2) is 39.2 Å². The molecule has 0 aromatic heterocycles. The maximum absolute atomic E-state index is 11.7. The minimum absolute atomic E-state index is 0.0278. The third-order valence-electron chi connectivity index (χ3n) is 2.23. The van der Waals surface area contributed by atoms with E-state index >= 15 is 0 Å². The van der Waals surface area contributed by atoms with Gasteiger partial charge in [-0.25, -0.2) is 13.1 Å². The van der Waals surface area contributed by atoms with Crippen LogP contribution in [0.2, 0.25) is 0 Å². The van der Waals surface area contributed by atoms with Crippen LogP contribution in [0, 0.1) is 5.92 Å². The lowest BCUT2D eigenvalue weighted by atomic mass is 10.1. The van der Waals surface area contributed by atoms with E-state index in [-0.39, 0.29) is 11.7 Å². The van der Waals surface area contributed by atoms with Gasteiger partial charge in [0.1, 0.15) is 6.04 Å². The van der Waals surface area contributed by atoms with Gasteiger partial charge in [0, 0.05) is 5.88 Å². The van der Waals surface area contributed by atoms with E-state index in [1.807, 2.05) is 0 Å². The van der Waals surface area contributed by atoms with Crippen molar-refractivity contribution in [2.45, 2.75) is 32.7 Å². The Bertz CT molecular complexity index is 329. The van der Waals surface area contributed by atoms with Gasteiger partial charge in [-0.15, -0.1) is 11.6 Å². The third kappa shape index (κ3) is 6.85. The van der Waals surface area contributed by atoms with Crippen LogP contribution in [-0.2, 0) is 19.6 Å². The Labute approximate surface area is 108 Å². The van der Waals surface area contributed by atoms with Crippen molar-refractivity contribution >= 4 is 27.6 Å². The Balaban J connectivity index is 4.48. The minimum atomic E-state index is -3.46. The lowest BCUT2D eigenvalue weighted by molar-refractivity contribution is -0.143. The second kappa shape index (κ2) is 7.89. The molecule has 0 spiro atoms. The number of unbranched alkanes of at least 4 members (excludes halogenated alkanes) is 1. The molecule has 0 saturated carbocycles. The number of methoxy groups -OCH3 is 1. The van der Waals surface area contributed by atoms with Gasteiger partial charge in [-0.3, -0.25) is 4.79 Å². The second-order valence-corrected chi connectivity index (χ2v) is 6.33. The highest BCUT2D eigenvalue weighted by Crippen LogP contribution is 2.06. The molecule has 0 aliphatic carbocycles. The smallest absolute Gasteiger partial charge is 0.324 e. The molecule has 102 valence electrons. The van der Waals surface area contributed by atoms with Gasteiger partial charge in [-0.05, 0) is 18.8 Å². The number of rotatable bonds is 8. The first kappa shape index (κ1) is 16.7. The normalized spacial score (nSPS) is 13.7. The molecule has 5 nitrogen and oxygen atoms in total. The fraction of sp³-hybridized carbons (Fsp3) is 0.900. The Kier molecular flexibility index (Phi) is 7.74. The number of nitrogens with one attached hydrogen (secondary N) is 1. The van der Waals surface area contributed by atoms with Crippen LogP contribution >= 0.6 is 11.6 Å². The third-order valence-corrected chi connectivity index (χ3v) is 3.93. The van der Waals surface area contributed by atoms with Crippen LogP contribution in [0.25, 0.3) is 0 Å². The lowest BCUT2D eigenvalue weighted by Gasteiger charge is -2.19. The topological polar surface area (TPSA) is 72.5 Å². The molecular weight excluding hydrogens is 266 g/mol. The summed E-state index contributed by atoms with van der Waals surface area (Å²) in [5, 5.41) is 0. The van der Waals surface area contributed by atoms with Crippen molar-refractivity contribution in [2.75, 3.05) is 18.7 Å². The van der Waals surface area contributed by atoms with Crippen molar-refractivity contribution in [1.29, 1.82) is 0 Å². The molecule has 0 aliphatic rings. The predicted octanol–water partition coefficient (Wildman–Crippen LogP) is 1.12. The number of hydrogen-bond donors (Lipinski definition) is 1. The van der Waals surface area contributed by atoms with E-state index in [0.29, 0.717) is 18.7 Å². The van der Waals surface area contributed by atoms with Gasteiger partial charge in [0.2, 0.25) is 10.0 Å². The van der Waals surface area contributed by atoms with E-state index in [1.54, 1.807) is 13.8 Å². The van der Waals surface area contributed by atoms with Crippen LogP contribution in [0.5, 0.6) is 0 Å². The molecule has 1 unspecified atom stereocenters. The number of ether oxygens (including phenoxy) is 1. The van der Waals surface area contributed by atoms with Gasteiger partial charge < -0.3 is 4.74 Å². The zero-order chi connectivity index (χ0) is 13.5. The summed E-state index contributed by atoms with van der Waals surface area (Å²) >= 11 is 5.47. The van der Waals surface area contributed by atoms with Gasteiger partial charge in [-0.1, -0.05) is 13.8 Å². The first-order valence-corrected chi connectivity index (χ1v) is 7.66. The highest BCUT2D eigenvalue weighted by molar-refractivity contribution is 7.89. The number of halogens is 1. The van der Waals surface area contributed by atoms with Gasteiger partial charge in [-0.2, -0.15) is 0 Å². The van der Waals surface area contributed by atoms with Crippen molar-refractivity contribution in [3.8, 4) is 0 Å². The number of esters is 1. The molecule has 0 fully saturated rings. The van der Waals surface area contributed by atoms with Crippen molar-refractivity contribution in [1.82, 2.24) is 4.72 Å². The minimum Gasteiger partial charge on any atom is -0.468 e. The van der Waals surface area contributed by atoms with Crippen LogP contribution in [0.4, 0.5) is 0 Å². The zero-order valence-corrected chi connectivity index (χ0v) is 12.0. The molecule has 0 rings (SSSR count). The van der Waals surface area contributed by atoms with Crippen LogP contribution in [0.15, 0.2) is 0 Å². The number of alkyl halides is 1. The Hall–Kier alpha value is -0.330. The molecule has 0 aromatic rings. The van der Waals surface area contributed by atoms with E-state index in [4.69, 9.17) is 11.6 Å². The number of carbonyl (C=O) groups is 1. The summed E-state index contributed by atoms with van der Waals surface area (Å²) in [5.41, 5.74) is 0. The molecule has 0 bridgehead atoms. The molecule has 7 heteroatoms. The average molecular weight is 286 g/mol. The summed E-state index contributed by atoms with van der Waals surface area (Å²) in [6.07, 6.45) is 1.11. The summed E-state index contributed by atoms with van der Waals surface area (Å²) in [5.74, 6) is -0.328. The summed E-state index contributed by atoms with van der Waals surface area (Å²) in [4.78, 5) is 11.4. The van der Waals surface area contributed by atoms with Gasteiger partial charge in [0.05, 0.1) is 12.9 Å². The lowest BCUT2D eigenvalue weighted by Crippen LogP contribution is -2.45. The monoisotopic (exact) mass is 285 g/mol. The summed E-state index contributed by atoms with van der Waals surface area (Å²) < 4.78 is 30.3. The molecule has 0 amide bonds. The SMILES string of the molecule is COC(=O)C(NS(=O)(=O)CCCCCl)C(C)C. The molecule has 0 radical (unpaired) electrons. The first-order valence-electron chi connectivity index (χ1n) is 5.48. The molecule has 0 saturated heterocycles. The van der Waals surface area contributed by atoms with Crippen LogP contribution < -0.4 is 4.72 Å². The first-order chi connectivity index (χ1) is 7.84. The Morgan fingerprint density at radius 1 is 1.35 bits per heavy atom. The van der Waals surface area contributed by atoms with Crippen molar-refractivity contribution in [3.05, 3.63) is 0 Å². The maximum Gasteiger partial charge on any atom is 0.324 e. The zero-order valence-electron chi connectivity index (χ0n) is 10.4. The van der Waals surface area contributed by atoms with E-state index in [1.165, 1.54) is 7.11 Å². The van der Waals surface area contributed by atoms with E-state index in [0.717, 1.165) is 0 Å². The highest BCUT2D eigenvalue weighted by Gasteiger charge is 2.27. The molecule has 1 N–H and O–H groups in total. The second-order valence-electron chi connectivity index (χ2n) is 4.08. The van der Waals surface area contributed by atoms with Crippen LogP contribution in [0.1, 0.15) is 26.7 Å². The predicted molar refractivity (Wildman–Crippen MR) is 67.5 cm³/mol. The fourth-order valence-electron chi connectivity index (χ4n) is 1.22. The van der Waals surface area contributed by atoms with Gasteiger partial charge >= 0.3 is 5.97 Å². The fourth-order valence-corrected chi connectivity index (χ4v) is 2.87. The van der Waals surface area contributed by atoms with Crippen molar-refractivity contribution < 1.29 is 17.9 Å². The van der Waals surface area contributed by atoms with Gasteiger partial charge in [0.25, 0.3) is 0 Å². The molecule has 0 aliphatic heterocycles. The number of carbonyl (C=O) groups excluding carboxylic acids is 1. The quantitative estimate of drug-likeness (QED) is 0.412. The van der Waals surface area contributed by atoms with E-state index in [2.05, 4.69) is 9.46 Å². The molecule has 1 atom stereocenters. The summed E-state index contributed by atoms with van der Waals surface area (Å²) in [6, 6.07) is -0.832. The number of sulfonamides is 1. The molecule has 17 heavy (non-hydrogen) atoms. The van der Waals surface area contributed by atoms with Crippen molar-refractivity contribution in [2.24, 2.45) is 5.92 Å². The van der Waals surface area contributed by atoms with Gasteiger partial charge in [0.15, 0.2) is 0 Å². The van der Waals surface area contributed by atoms with E-state index < -0.39 is 22.0 Å². The average Bonchev–Trinajstić information content (AvgIpc) is 2.25. The largest absolute Gasteiger partial charge is 0.468 e. The Morgan fingerprint density at radius 2 is 1.94 bits per heavy atom. The molecule has 0 aromatic carbocycles. The van der Waals surface area contributed by atoms with E-state index in [9.17, 15) is 13.2 Å². The molecule has 0 heterocycles. The number of hydrogen-bond acceptors (Lipinski definition) is 4.